The Morgan fingerprint density at radius 1 is 1.27 bits per heavy atom. The van der Waals surface area contributed by atoms with E-state index in [0.29, 0.717) is 48.1 Å². The number of hydrogen-bond acceptors (Lipinski definition) is 4. The Morgan fingerprint density at radius 3 is 2.88 bits per heavy atom. The molecule has 26 heavy (non-hydrogen) atoms. The average molecular weight is 396 g/mol. The molecule has 1 aliphatic heterocycles. The molecule has 0 aromatic heterocycles. The smallest absolute Gasteiger partial charge is 0.220 e. The van der Waals surface area contributed by atoms with Crippen LogP contribution in [0.4, 0.5) is 4.39 Å². The van der Waals surface area contributed by atoms with Crippen molar-refractivity contribution in [2.75, 3.05) is 19.1 Å². The maximum atomic E-state index is 13.7. The quantitative estimate of drug-likeness (QED) is 0.714. The molecule has 0 bridgehead atoms. The highest BCUT2D eigenvalue weighted by Crippen LogP contribution is 2.29. The van der Waals surface area contributed by atoms with E-state index in [1.807, 2.05) is 24.3 Å². The standard InChI is InChI=1S/C19H19ClFNO3S/c20-15-1-3-17(4-2-15)26-8-6-18(23)22-7-5-13-9-16(21)10-14-11-24-12-25-19(13)14/h1-4,9-10H,5-8,11-12H2,(H,22,23). The molecule has 2 aromatic rings. The van der Waals surface area contributed by atoms with E-state index in [2.05, 4.69) is 5.32 Å². The molecule has 0 aliphatic carbocycles. The van der Waals surface area contributed by atoms with Gasteiger partial charge in [0.05, 0.1) is 6.61 Å². The summed E-state index contributed by atoms with van der Waals surface area (Å²) in [6, 6.07) is 10.4. The average Bonchev–Trinajstić information content (AvgIpc) is 2.63. The third-order valence-electron chi connectivity index (χ3n) is 3.88. The molecule has 1 heterocycles. The van der Waals surface area contributed by atoms with E-state index >= 15 is 0 Å². The number of thioether (sulfide) groups is 1. The lowest BCUT2D eigenvalue weighted by Crippen LogP contribution is -2.26. The van der Waals surface area contributed by atoms with Crippen molar-refractivity contribution in [2.24, 2.45) is 0 Å². The number of amides is 1. The molecule has 0 saturated heterocycles. The van der Waals surface area contributed by atoms with E-state index < -0.39 is 0 Å². The third kappa shape index (κ3) is 5.37. The molecule has 138 valence electrons. The van der Waals surface area contributed by atoms with Crippen LogP contribution < -0.4 is 10.1 Å². The predicted octanol–water partition coefficient (Wildman–Crippen LogP) is 4.19. The second kappa shape index (κ2) is 9.26. The van der Waals surface area contributed by atoms with Gasteiger partial charge >= 0.3 is 0 Å². The van der Waals surface area contributed by atoms with Crippen LogP contribution in [-0.4, -0.2) is 25.0 Å². The van der Waals surface area contributed by atoms with E-state index in [0.717, 1.165) is 10.5 Å². The van der Waals surface area contributed by atoms with Gasteiger partial charge in [0.15, 0.2) is 6.79 Å². The van der Waals surface area contributed by atoms with Gasteiger partial charge in [0, 0.05) is 34.2 Å². The number of rotatable bonds is 7. The zero-order valence-electron chi connectivity index (χ0n) is 14.1. The molecule has 0 radical (unpaired) electrons. The number of fused-ring (bicyclic) bond motifs is 1. The molecule has 1 aliphatic rings. The zero-order valence-corrected chi connectivity index (χ0v) is 15.7. The van der Waals surface area contributed by atoms with Crippen molar-refractivity contribution >= 4 is 29.3 Å². The van der Waals surface area contributed by atoms with E-state index in [4.69, 9.17) is 21.1 Å². The van der Waals surface area contributed by atoms with Crippen molar-refractivity contribution in [3.63, 3.8) is 0 Å². The third-order valence-corrected chi connectivity index (χ3v) is 5.15. The minimum absolute atomic E-state index is 0.0269. The van der Waals surface area contributed by atoms with Gasteiger partial charge in [0.2, 0.25) is 5.91 Å². The zero-order chi connectivity index (χ0) is 18.4. The summed E-state index contributed by atoms with van der Waals surface area (Å²) in [7, 11) is 0. The predicted molar refractivity (Wildman–Crippen MR) is 100 cm³/mol. The Hall–Kier alpha value is -1.76. The van der Waals surface area contributed by atoms with E-state index in [1.165, 1.54) is 12.1 Å². The lowest BCUT2D eigenvalue weighted by Gasteiger charge is -2.21. The summed E-state index contributed by atoms with van der Waals surface area (Å²) >= 11 is 7.45. The Morgan fingerprint density at radius 2 is 2.08 bits per heavy atom. The minimum atomic E-state index is -0.321. The minimum Gasteiger partial charge on any atom is -0.467 e. The molecular formula is C19H19ClFNO3S. The van der Waals surface area contributed by atoms with Crippen molar-refractivity contribution in [1.29, 1.82) is 0 Å². The molecule has 2 aromatic carbocycles. The summed E-state index contributed by atoms with van der Waals surface area (Å²) < 4.78 is 24.3. The van der Waals surface area contributed by atoms with E-state index in [-0.39, 0.29) is 18.5 Å². The summed E-state index contributed by atoms with van der Waals surface area (Å²) in [6.07, 6.45) is 0.926. The lowest BCUT2D eigenvalue weighted by molar-refractivity contribution is -0.120. The fourth-order valence-electron chi connectivity index (χ4n) is 2.66. The molecule has 3 rings (SSSR count). The van der Waals surface area contributed by atoms with Crippen LogP contribution >= 0.6 is 23.4 Å². The van der Waals surface area contributed by atoms with Crippen LogP contribution in [0.2, 0.25) is 5.02 Å². The number of carbonyl (C=O) groups is 1. The van der Waals surface area contributed by atoms with Crippen molar-refractivity contribution in [3.05, 3.63) is 58.4 Å². The van der Waals surface area contributed by atoms with Crippen LogP contribution in [0.15, 0.2) is 41.3 Å². The fourth-order valence-corrected chi connectivity index (χ4v) is 3.64. The Balaban J connectivity index is 1.42. The fraction of sp³-hybridized carbons (Fsp3) is 0.316. The van der Waals surface area contributed by atoms with Crippen LogP contribution in [0.3, 0.4) is 0 Å². The molecular weight excluding hydrogens is 377 g/mol. The number of hydrogen-bond donors (Lipinski definition) is 1. The highest BCUT2D eigenvalue weighted by atomic mass is 35.5. The monoisotopic (exact) mass is 395 g/mol. The molecule has 0 atom stereocenters. The van der Waals surface area contributed by atoms with Crippen LogP contribution in [0, 0.1) is 5.82 Å². The SMILES string of the molecule is O=C(CCSc1ccc(Cl)cc1)NCCc1cc(F)cc2c1OCOC2. The molecule has 0 saturated carbocycles. The summed E-state index contributed by atoms with van der Waals surface area (Å²) in [5.74, 6) is 1.01. The Kier molecular flexibility index (Phi) is 6.77. The number of halogens is 2. The highest BCUT2D eigenvalue weighted by Gasteiger charge is 2.16. The largest absolute Gasteiger partial charge is 0.467 e. The maximum Gasteiger partial charge on any atom is 0.220 e. The number of benzene rings is 2. The number of carbonyl (C=O) groups excluding carboxylic acids is 1. The number of ether oxygens (including phenoxy) is 2. The van der Waals surface area contributed by atoms with Crippen molar-refractivity contribution in [1.82, 2.24) is 5.32 Å². The van der Waals surface area contributed by atoms with Crippen LogP contribution in [0.5, 0.6) is 5.75 Å². The molecule has 7 heteroatoms. The van der Waals surface area contributed by atoms with Gasteiger partial charge in [-0.3, -0.25) is 4.79 Å². The molecule has 0 unspecified atom stereocenters. The van der Waals surface area contributed by atoms with Gasteiger partial charge in [-0.25, -0.2) is 4.39 Å². The Labute approximate surface area is 161 Å². The van der Waals surface area contributed by atoms with Gasteiger partial charge in [0.1, 0.15) is 11.6 Å². The second-order valence-electron chi connectivity index (χ2n) is 5.82. The van der Waals surface area contributed by atoms with Crippen LogP contribution in [0.1, 0.15) is 17.5 Å². The van der Waals surface area contributed by atoms with E-state index in [9.17, 15) is 9.18 Å². The summed E-state index contributed by atoms with van der Waals surface area (Å²) in [5, 5.41) is 3.57. The van der Waals surface area contributed by atoms with Crippen molar-refractivity contribution < 1.29 is 18.7 Å². The molecule has 4 nitrogen and oxygen atoms in total. The topological polar surface area (TPSA) is 47.6 Å². The Bertz CT molecular complexity index is 770. The van der Waals surface area contributed by atoms with Crippen molar-refractivity contribution in [3.8, 4) is 5.75 Å². The van der Waals surface area contributed by atoms with Crippen LogP contribution in [0.25, 0.3) is 0 Å². The first-order valence-corrected chi connectivity index (χ1v) is 9.65. The molecule has 1 amide bonds. The first-order chi connectivity index (χ1) is 12.6. The first-order valence-electron chi connectivity index (χ1n) is 8.29. The molecule has 1 N–H and O–H groups in total. The van der Waals surface area contributed by atoms with Gasteiger partial charge < -0.3 is 14.8 Å². The van der Waals surface area contributed by atoms with Gasteiger partial charge in [0.25, 0.3) is 0 Å². The van der Waals surface area contributed by atoms with Crippen LogP contribution in [-0.2, 0) is 22.6 Å². The van der Waals surface area contributed by atoms with Crippen molar-refractivity contribution in [2.45, 2.75) is 24.3 Å². The first kappa shape index (κ1) is 19.0. The molecule has 0 spiro atoms. The normalized spacial score (nSPS) is 13.0. The number of nitrogens with one attached hydrogen (secondary N) is 1. The maximum absolute atomic E-state index is 13.7. The van der Waals surface area contributed by atoms with Gasteiger partial charge in [-0.15, -0.1) is 11.8 Å². The van der Waals surface area contributed by atoms with Gasteiger partial charge in [-0.2, -0.15) is 0 Å². The second-order valence-corrected chi connectivity index (χ2v) is 7.42. The van der Waals surface area contributed by atoms with Gasteiger partial charge in [-0.05, 0) is 48.4 Å². The lowest BCUT2D eigenvalue weighted by atomic mass is 10.1. The van der Waals surface area contributed by atoms with E-state index in [1.54, 1.807) is 11.8 Å². The summed E-state index contributed by atoms with van der Waals surface area (Å²) in [4.78, 5) is 13.0. The van der Waals surface area contributed by atoms with Gasteiger partial charge in [-0.1, -0.05) is 11.6 Å². The molecule has 0 fully saturated rings. The highest BCUT2D eigenvalue weighted by molar-refractivity contribution is 7.99. The summed E-state index contributed by atoms with van der Waals surface area (Å²) in [6.45, 7) is 0.943. The summed E-state index contributed by atoms with van der Waals surface area (Å²) in [5.41, 5.74) is 1.45.